The van der Waals surface area contributed by atoms with Gasteiger partial charge in [-0.25, -0.2) is 0 Å². The molecule has 0 aliphatic heterocycles. The average Bonchev–Trinajstić information content (AvgIpc) is 3.09. The van der Waals surface area contributed by atoms with Crippen LogP contribution < -0.4 is 0 Å². The van der Waals surface area contributed by atoms with E-state index in [0.29, 0.717) is 35.9 Å². The number of rotatable bonds is 5. The summed E-state index contributed by atoms with van der Waals surface area (Å²) in [7, 11) is 0. The lowest BCUT2D eigenvalue weighted by Crippen LogP contribution is -2.34. The summed E-state index contributed by atoms with van der Waals surface area (Å²) in [5.74, 6) is 0.552. The standard InChI is InChI=1S/C19H24N4O2/c1-6-23(12-13(2)11-20)17(24)15-10-8-7-9-14(15)16-21-18(22-25-16)19(3,4)5/h7-10,13H,6,12H2,1-5H3. The summed E-state index contributed by atoms with van der Waals surface area (Å²) >= 11 is 0. The van der Waals surface area contributed by atoms with Crippen molar-refractivity contribution < 1.29 is 9.32 Å². The minimum absolute atomic E-state index is 0.143. The Morgan fingerprint density at radius 2 is 2.04 bits per heavy atom. The lowest BCUT2D eigenvalue weighted by atomic mass is 9.96. The molecule has 1 atom stereocenters. The van der Waals surface area contributed by atoms with Crippen molar-refractivity contribution in [3.63, 3.8) is 0 Å². The van der Waals surface area contributed by atoms with Gasteiger partial charge in [0.2, 0.25) is 0 Å². The Balaban J connectivity index is 2.39. The van der Waals surface area contributed by atoms with E-state index in [4.69, 9.17) is 9.78 Å². The van der Waals surface area contributed by atoms with Gasteiger partial charge in [0.15, 0.2) is 5.82 Å². The summed E-state index contributed by atoms with van der Waals surface area (Å²) in [6, 6.07) is 9.36. The summed E-state index contributed by atoms with van der Waals surface area (Å²) in [6.45, 7) is 10.6. The summed E-state index contributed by atoms with van der Waals surface area (Å²) in [6.07, 6.45) is 0. The molecule has 6 nitrogen and oxygen atoms in total. The number of hydrogen-bond donors (Lipinski definition) is 0. The van der Waals surface area contributed by atoms with Crippen molar-refractivity contribution in [1.29, 1.82) is 5.26 Å². The Morgan fingerprint density at radius 1 is 1.36 bits per heavy atom. The maximum absolute atomic E-state index is 13.0. The Morgan fingerprint density at radius 3 is 2.60 bits per heavy atom. The van der Waals surface area contributed by atoms with Gasteiger partial charge in [0.05, 0.1) is 23.1 Å². The van der Waals surface area contributed by atoms with Gasteiger partial charge >= 0.3 is 0 Å². The van der Waals surface area contributed by atoms with Crippen LogP contribution in [0.3, 0.4) is 0 Å². The van der Waals surface area contributed by atoms with Crippen LogP contribution in [0.5, 0.6) is 0 Å². The topological polar surface area (TPSA) is 83.0 Å². The van der Waals surface area contributed by atoms with Crippen molar-refractivity contribution in [3.05, 3.63) is 35.7 Å². The van der Waals surface area contributed by atoms with E-state index >= 15 is 0 Å². The fraction of sp³-hybridized carbons (Fsp3) is 0.474. The first-order chi connectivity index (χ1) is 11.8. The first-order valence-electron chi connectivity index (χ1n) is 8.40. The summed E-state index contributed by atoms with van der Waals surface area (Å²) in [4.78, 5) is 19.1. The van der Waals surface area contributed by atoms with Gasteiger partial charge in [-0.1, -0.05) is 38.1 Å². The van der Waals surface area contributed by atoms with E-state index in [-0.39, 0.29) is 17.2 Å². The van der Waals surface area contributed by atoms with E-state index in [1.54, 1.807) is 30.0 Å². The smallest absolute Gasteiger partial charge is 0.258 e. The van der Waals surface area contributed by atoms with Gasteiger partial charge in [0, 0.05) is 18.5 Å². The molecule has 1 heterocycles. The molecule has 132 valence electrons. The molecule has 0 radical (unpaired) electrons. The molecular weight excluding hydrogens is 316 g/mol. The van der Waals surface area contributed by atoms with Gasteiger partial charge in [-0.15, -0.1) is 0 Å². The molecule has 1 aromatic heterocycles. The SMILES string of the molecule is CCN(CC(C)C#N)C(=O)c1ccccc1-c1nc(C(C)(C)C)no1. The lowest BCUT2D eigenvalue weighted by molar-refractivity contribution is 0.0753. The molecule has 2 aromatic rings. The lowest BCUT2D eigenvalue weighted by Gasteiger charge is -2.22. The van der Waals surface area contributed by atoms with Gasteiger partial charge < -0.3 is 9.42 Å². The van der Waals surface area contributed by atoms with Crippen LogP contribution in [0.4, 0.5) is 0 Å². The Hall–Kier alpha value is -2.68. The number of benzene rings is 1. The van der Waals surface area contributed by atoms with Gasteiger partial charge in [0.25, 0.3) is 11.8 Å². The van der Waals surface area contributed by atoms with E-state index < -0.39 is 0 Å². The Labute approximate surface area is 148 Å². The Bertz CT molecular complexity index is 783. The van der Waals surface area contributed by atoms with Gasteiger partial charge in [-0.2, -0.15) is 10.2 Å². The molecule has 0 saturated carbocycles. The third kappa shape index (κ3) is 4.24. The van der Waals surface area contributed by atoms with E-state index in [9.17, 15) is 4.79 Å². The molecule has 1 unspecified atom stereocenters. The van der Waals surface area contributed by atoms with Crippen LogP contribution in [0.25, 0.3) is 11.5 Å². The minimum Gasteiger partial charge on any atom is -0.338 e. The summed E-state index contributed by atoms with van der Waals surface area (Å²) in [5.41, 5.74) is 0.871. The number of amides is 1. The second kappa shape index (κ2) is 7.47. The van der Waals surface area contributed by atoms with E-state index in [0.717, 1.165) is 0 Å². The van der Waals surface area contributed by atoms with Crippen molar-refractivity contribution in [2.75, 3.05) is 13.1 Å². The van der Waals surface area contributed by atoms with Gasteiger partial charge in [-0.3, -0.25) is 4.79 Å². The van der Waals surface area contributed by atoms with Crippen LogP contribution >= 0.6 is 0 Å². The molecule has 0 N–H and O–H groups in total. The fourth-order valence-electron chi connectivity index (χ4n) is 2.39. The first kappa shape index (κ1) is 18.7. The first-order valence-corrected chi connectivity index (χ1v) is 8.40. The highest BCUT2D eigenvalue weighted by atomic mass is 16.5. The number of nitriles is 1. The quantitative estimate of drug-likeness (QED) is 0.829. The van der Waals surface area contributed by atoms with Crippen molar-refractivity contribution >= 4 is 5.91 Å². The number of carbonyl (C=O) groups excluding carboxylic acids is 1. The summed E-state index contributed by atoms with van der Waals surface area (Å²) < 4.78 is 5.40. The average molecular weight is 340 g/mol. The van der Waals surface area contributed by atoms with Crippen molar-refractivity contribution in [1.82, 2.24) is 15.0 Å². The van der Waals surface area contributed by atoms with Gasteiger partial charge in [-0.05, 0) is 26.0 Å². The molecule has 0 aliphatic rings. The van der Waals surface area contributed by atoms with Crippen LogP contribution in [-0.2, 0) is 5.41 Å². The van der Waals surface area contributed by atoms with Gasteiger partial charge in [0.1, 0.15) is 0 Å². The molecule has 0 bridgehead atoms. The second-order valence-electron chi connectivity index (χ2n) is 7.09. The van der Waals surface area contributed by atoms with Crippen molar-refractivity contribution in [2.24, 2.45) is 5.92 Å². The fourth-order valence-corrected chi connectivity index (χ4v) is 2.39. The van der Waals surface area contributed by atoms with E-state index in [2.05, 4.69) is 16.2 Å². The predicted octanol–water partition coefficient (Wildman–Crippen LogP) is 3.66. The second-order valence-corrected chi connectivity index (χ2v) is 7.09. The van der Waals surface area contributed by atoms with Crippen molar-refractivity contribution in [2.45, 2.75) is 40.0 Å². The number of nitrogens with zero attached hydrogens (tertiary/aromatic N) is 4. The monoisotopic (exact) mass is 340 g/mol. The van der Waals surface area contributed by atoms with Crippen LogP contribution in [0.2, 0.25) is 0 Å². The van der Waals surface area contributed by atoms with E-state index in [1.165, 1.54) is 0 Å². The van der Waals surface area contributed by atoms with Crippen LogP contribution in [-0.4, -0.2) is 34.0 Å². The zero-order chi connectivity index (χ0) is 18.6. The molecule has 1 amide bonds. The zero-order valence-corrected chi connectivity index (χ0v) is 15.4. The molecule has 2 rings (SSSR count). The molecule has 0 saturated heterocycles. The maximum Gasteiger partial charge on any atom is 0.258 e. The molecule has 0 spiro atoms. The number of hydrogen-bond acceptors (Lipinski definition) is 5. The normalized spacial score (nSPS) is 12.5. The minimum atomic E-state index is -0.238. The third-order valence-corrected chi connectivity index (χ3v) is 3.87. The predicted molar refractivity (Wildman–Crippen MR) is 94.8 cm³/mol. The largest absolute Gasteiger partial charge is 0.338 e. The number of carbonyl (C=O) groups is 1. The molecule has 1 aromatic carbocycles. The van der Waals surface area contributed by atoms with Crippen LogP contribution in [0.15, 0.2) is 28.8 Å². The number of aromatic nitrogens is 2. The molecule has 0 fully saturated rings. The van der Waals surface area contributed by atoms with Crippen molar-refractivity contribution in [3.8, 4) is 17.5 Å². The highest BCUT2D eigenvalue weighted by molar-refractivity contribution is 6.00. The molecule has 6 heteroatoms. The molecule has 0 aliphatic carbocycles. The van der Waals surface area contributed by atoms with Crippen LogP contribution in [0.1, 0.15) is 50.8 Å². The maximum atomic E-state index is 13.0. The van der Waals surface area contributed by atoms with Crippen LogP contribution in [0, 0.1) is 17.2 Å². The molecule has 25 heavy (non-hydrogen) atoms. The van der Waals surface area contributed by atoms with E-state index in [1.807, 2.05) is 33.8 Å². The Kier molecular flexibility index (Phi) is 5.58. The highest BCUT2D eigenvalue weighted by Gasteiger charge is 2.25. The highest BCUT2D eigenvalue weighted by Crippen LogP contribution is 2.27. The third-order valence-electron chi connectivity index (χ3n) is 3.87. The zero-order valence-electron chi connectivity index (χ0n) is 15.4. The molecular formula is C19H24N4O2. The summed E-state index contributed by atoms with van der Waals surface area (Å²) in [5, 5.41) is 13.1.